The quantitative estimate of drug-likeness (QED) is 0.590. The number of halogens is 2. The zero-order valence-electron chi connectivity index (χ0n) is 8.97. The van der Waals surface area contributed by atoms with E-state index in [1.54, 1.807) is 0 Å². The zero-order chi connectivity index (χ0) is 12.5. The highest BCUT2D eigenvalue weighted by Crippen LogP contribution is 2.33. The molecular weight excluding hydrogens is 232 g/mol. The van der Waals surface area contributed by atoms with Crippen LogP contribution in [0.5, 0.6) is 0 Å². The number of hydrogen-bond donors (Lipinski definition) is 0. The van der Waals surface area contributed by atoms with Gasteiger partial charge in [0.25, 0.3) is 11.6 Å². The summed E-state index contributed by atoms with van der Waals surface area (Å²) in [6, 6.07) is 1.22. The van der Waals surface area contributed by atoms with E-state index in [4.69, 9.17) is 0 Å². The molecule has 17 heavy (non-hydrogen) atoms. The second-order valence-electron chi connectivity index (χ2n) is 4.00. The monoisotopic (exact) mass is 243 g/mol. The number of anilines is 1. The number of piperidine rings is 1. The predicted molar refractivity (Wildman–Crippen MR) is 57.3 cm³/mol. The van der Waals surface area contributed by atoms with Crippen LogP contribution in [0, 0.1) is 10.1 Å². The van der Waals surface area contributed by atoms with Gasteiger partial charge in [0, 0.05) is 25.2 Å². The van der Waals surface area contributed by atoms with Gasteiger partial charge in [0.2, 0.25) is 0 Å². The minimum atomic E-state index is -2.79. The molecule has 0 bridgehead atoms. The van der Waals surface area contributed by atoms with E-state index in [0.717, 1.165) is 0 Å². The Morgan fingerprint density at radius 2 is 2.29 bits per heavy atom. The van der Waals surface area contributed by atoms with E-state index < -0.39 is 17.4 Å². The highest BCUT2D eigenvalue weighted by atomic mass is 19.3. The largest absolute Gasteiger partial charge is 0.359 e. The molecule has 2 heterocycles. The first-order valence-electron chi connectivity index (χ1n) is 5.21. The lowest BCUT2D eigenvalue weighted by Gasteiger charge is -2.33. The van der Waals surface area contributed by atoms with Crippen LogP contribution in [-0.4, -0.2) is 28.9 Å². The van der Waals surface area contributed by atoms with Gasteiger partial charge in [-0.1, -0.05) is 0 Å². The number of nitro groups is 1. The summed E-state index contributed by atoms with van der Waals surface area (Å²) >= 11 is 0. The van der Waals surface area contributed by atoms with Gasteiger partial charge in [-0.05, 0) is 6.42 Å². The average molecular weight is 243 g/mol. The topological polar surface area (TPSA) is 59.3 Å². The third-order valence-corrected chi connectivity index (χ3v) is 2.71. The summed E-state index contributed by atoms with van der Waals surface area (Å²) in [7, 11) is 0. The van der Waals surface area contributed by atoms with Crippen molar-refractivity contribution < 1.29 is 13.7 Å². The van der Waals surface area contributed by atoms with Crippen molar-refractivity contribution in [1.29, 1.82) is 0 Å². The number of rotatable bonds is 2. The van der Waals surface area contributed by atoms with Crippen molar-refractivity contribution in [2.45, 2.75) is 18.8 Å². The van der Waals surface area contributed by atoms with Gasteiger partial charge in [-0.15, -0.1) is 0 Å². The smallest absolute Gasteiger partial charge is 0.295 e. The summed E-state index contributed by atoms with van der Waals surface area (Å²) in [6.07, 6.45) is 2.69. The van der Waals surface area contributed by atoms with E-state index >= 15 is 0 Å². The molecule has 92 valence electrons. The second kappa shape index (κ2) is 4.23. The van der Waals surface area contributed by atoms with Crippen molar-refractivity contribution in [3.63, 3.8) is 0 Å². The third kappa shape index (κ3) is 2.48. The van der Waals surface area contributed by atoms with Crippen LogP contribution in [0.15, 0.2) is 18.5 Å². The maximum Gasteiger partial charge on any atom is 0.295 e. The van der Waals surface area contributed by atoms with E-state index in [9.17, 15) is 18.9 Å². The molecule has 5 nitrogen and oxygen atoms in total. The zero-order valence-corrected chi connectivity index (χ0v) is 8.97. The van der Waals surface area contributed by atoms with E-state index in [0.29, 0.717) is 13.0 Å². The minimum absolute atomic E-state index is 0.164. The van der Waals surface area contributed by atoms with Gasteiger partial charge < -0.3 is 4.90 Å². The van der Waals surface area contributed by atoms with Crippen molar-refractivity contribution in [3.05, 3.63) is 28.6 Å². The van der Waals surface area contributed by atoms with Gasteiger partial charge in [-0.25, -0.2) is 8.78 Å². The molecule has 0 aromatic carbocycles. The molecule has 2 rings (SSSR count). The van der Waals surface area contributed by atoms with Gasteiger partial charge in [-0.2, -0.15) is 0 Å². The summed E-state index contributed by atoms with van der Waals surface area (Å²) in [5, 5.41) is 10.8. The molecule has 0 radical (unpaired) electrons. The van der Waals surface area contributed by atoms with Crippen LogP contribution in [0.25, 0.3) is 0 Å². The Labute approximate surface area is 96.2 Å². The normalized spacial score (nSPS) is 19.1. The highest BCUT2D eigenvalue weighted by Gasteiger charge is 2.37. The maximum atomic E-state index is 13.2. The van der Waals surface area contributed by atoms with E-state index in [2.05, 4.69) is 4.98 Å². The third-order valence-electron chi connectivity index (χ3n) is 2.71. The number of pyridine rings is 1. The second-order valence-corrected chi connectivity index (χ2v) is 4.00. The lowest BCUT2D eigenvalue weighted by Crippen LogP contribution is -2.42. The number of hydrogen-bond acceptors (Lipinski definition) is 4. The summed E-state index contributed by atoms with van der Waals surface area (Å²) in [4.78, 5) is 15.3. The first-order valence-corrected chi connectivity index (χ1v) is 5.21. The molecule has 0 atom stereocenters. The van der Waals surface area contributed by atoms with Crippen molar-refractivity contribution in [1.82, 2.24) is 4.98 Å². The van der Waals surface area contributed by atoms with E-state index in [1.165, 1.54) is 23.4 Å². The lowest BCUT2D eigenvalue weighted by atomic mass is 10.1. The summed E-state index contributed by atoms with van der Waals surface area (Å²) in [6.45, 7) is -0.0956. The standard InChI is InChI=1S/C10H11F2N3O2/c11-10(12)3-1-5-14(7-10)9-6-13-4-2-8(9)15(16)17/h2,4,6H,1,3,5,7H2. The predicted octanol–water partition coefficient (Wildman–Crippen LogP) is 2.23. The lowest BCUT2D eigenvalue weighted by molar-refractivity contribution is -0.384. The van der Waals surface area contributed by atoms with Crippen molar-refractivity contribution >= 4 is 11.4 Å². The Morgan fingerprint density at radius 3 is 2.94 bits per heavy atom. The summed E-state index contributed by atoms with van der Waals surface area (Å²) < 4.78 is 26.5. The Kier molecular flexibility index (Phi) is 2.91. The van der Waals surface area contributed by atoms with Gasteiger partial charge in [0.15, 0.2) is 0 Å². The molecule has 1 saturated heterocycles. The molecule has 0 amide bonds. The van der Waals surface area contributed by atoms with Crippen molar-refractivity contribution in [3.8, 4) is 0 Å². The van der Waals surface area contributed by atoms with Crippen LogP contribution < -0.4 is 4.90 Å². The fourth-order valence-corrected chi connectivity index (χ4v) is 1.95. The summed E-state index contributed by atoms with van der Waals surface area (Å²) in [5.74, 6) is -2.79. The molecule has 0 spiro atoms. The molecule has 0 unspecified atom stereocenters. The molecule has 1 aliphatic rings. The number of aromatic nitrogens is 1. The molecule has 0 saturated carbocycles. The molecule has 7 heteroatoms. The van der Waals surface area contributed by atoms with E-state index in [-0.39, 0.29) is 17.8 Å². The molecule has 1 aromatic rings. The minimum Gasteiger partial charge on any atom is -0.359 e. The van der Waals surface area contributed by atoms with E-state index in [1.807, 2.05) is 0 Å². The van der Waals surface area contributed by atoms with Crippen LogP contribution in [0.4, 0.5) is 20.2 Å². The number of alkyl halides is 2. The van der Waals surface area contributed by atoms with Crippen LogP contribution in [-0.2, 0) is 0 Å². The van der Waals surface area contributed by atoms with Gasteiger partial charge in [-0.3, -0.25) is 15.1 Å². The van der Waals surface area contributed by atoms with Crippen molar-refractivity contribution in [2.24, 2.45) is 0 Å². The SMILES string of the molecule is O=[N+]([O-])c1ccncc1N1CCCC(F)(F)C1. The Bertz CT molecular complexity index is 439. The molecule has 1 aliphatic heterocycles. The van der Waals surface area contributed by atoms with Crippen molar-refractivity contribution in [2.75, 3.05) is 18.0 Å². The molecule has 0 aliphatic carbocycles. The first kappa shape index (κ1) is 11.7. The fourth-order valence-electron chi connectivity index (χ4n) is 1.95. The van der Waals surface area contributed by atoms with Crippen LogP contribution in [0.1, 0.15) is 12.8 Å². The highest BCUT2D eigenvalue weighted by molar-refractivity contribution is 5.61. The first-order chi connectivity index (χ1) is 7.99. The van der Waals surface area contributed by atoms with Gasteiger partial charge in [0.05, 0.1) is 17.7 Å². The molecule has 1 fully saturated rings. The van der Waals surface area contributed by atoms with Crippen LogP contribution >= 0.6 is 0 Å². The van der Waals surface area contributed by atoms with Crippen LogP contribution in [0.3, 0.4) is 0 Å². The fraction of sp³-hybridized carbons (Fsp3) is 0.500. The molecule has 1 aromatic heterocycles. The molecule has 0 N–H and O–H groups in total. The number of nitrogens with zero attached hydrogens (tertiary/aromatic N) is 3. The Hall–Kier alpha value is -1.79. The van der Waals surface area contributed by atoms with Crippen LogP contribution in [0.2, 0.25) is 0 Å². The molecular formula is C10H11F2N3O2. The Morgan fingerprint density at radius 1 is 1.53 bits per heavy atom. The average Bonchev–Trinajstić information content (AvgIpc) is 2.27. The maximum absolute atomic E-state index is 13.2. The Balaban J connectivity index is 2.30. The van der Waals surface area contributed by atoms with Gasteiger partial charge >= 0.3 is 0 Å². The van der Waals surface area contributed by atoms with Gasteiger partial charge in [0.1, 0.15) is 5.69 Å². The summed E-state index contributed by atoms with van der Waals surface area (Å²) in [5.41, 5.74) is -0.0189.